The molecule has 4 heteroatoms. The molecular weight excluding hydrogens is 179 g/mol. The van der Waals surface area contributed by atoms with E-state index in [1.165, 1.54) is 12.1 Å². The number of rotatable bonds is 2. The molecule has 1 aromatic carbocycles. The third-order valence-corrected chi connectivity index (χ3v) is 1.22. The van der Waals surface area contributed by atoms with Crippen LogP contribution in [-0.4, -0.2) is 6.54 Å². The van der Waals surface area contributed by atoms with Crippen molar-refractivity contribution in [2.24, 2.45) is 0 Å². The lowest BCUT2D eigenvalue weighted by molar-refractivity contribution is 0.628. The molecular formula is C8H8ClFN2. The summed E-state index contributed by atoms with van der Waals surface area (Å²) in [5.74, 6) is -0.271. The van der Waals surface area contributed by atoms with Gasteiger partial charge in [0.05, 0.1) is 6.07 Å². The van der Waals surface area contributed by atoms with E-state index in [4.69, 9.17) is 5.26 Å². The van der Waals surface area contributed by atoms with E-state index in [0.29, 0.717) is 0 Å². The molecule has 1 N–H and O–H groups in total. The lowest BCUT2D eigenvalue weighted by Crippen LogP contribution is -1.97. The maximum atomic E-state index is 12.3. The van der Waals surface area contributed by atoms with Crippen LogP contribution in [0.5, 0.6) is 0 Å². The number of halogens is 2. The summed E-state index contributed by atoms with van der Waals surface area (Å²) in [6.07, 6.45) is 0. The van der Waals surface area contributed by atoms with Gasteiger partial charge in [-0.15, -0.1) is 12.4 Å². The molecule has 0 aromatic heterocycles. The van der Waals surface area contributed by atoms with Gasteiger partial charge >= 0.3 is 0 Å². The van der Waals surface area contributed by atoms with E-state index in [1.807, 2.05) is 6.07 Å². The maximum absolute atomic E-state index is 12.3. The Balaban J connectivity index is 0.00000121. The van der Waals surface area contributed by atoms with E-state index in [9.17, 15) is 4.39 Å². The second kappa shape index (κ2) is 5.39. The zero-order chi connectivity index (χ0) is 8.10. The summed E-state index contributed by atoms with van der Waals surface area (Å²) in [5.41, 5.74) is 0.757. The van der Waals surface area contributed by atoms with Gasteiger partial charge in [0.1, 0.15) is 12.4 Å². The van der Waals surface area contributed by atoms with Gasteiger partial charge < -0.3 is 5.32 Å². The van der Waals surface area contributed by atoms with Gasteiger partial charge in [0, 0.05) is 5.69 Å². The van der Waals surface area contributed by atoms with Crippen LogP contribution in [0, 0.1) is 17.1 Å². The highest BCUT2D eigenvalue weighted by Crippen LogP contribution is 2.06. The van der Waals surface area contributed by atoms with Gasteiger partial charge in [-0.1, -0.05) is 0 Å². The van der Waals surface area contributed by atoms with Crippen molar-refractivity contribution < 1.29 is 4.39 Å². The van der Waals surface area contributed by atoms with Crippen LogP contribution in [0.15, 0.2) is 24.3 Å². The van der Waals surface area contributed by atoms with Crippen LogP contribution < -0.4 is 5.32 Å². The zero-order valence-electron chi connectivity index (χ0n) is 6.25. The molecule has 0 aliphatic carbocycles. The van der Waals surface area contributed by atoms with E-state index in [2.05, 4.69) is 5.32 Å². The normalized spacial score (nSPS) is 8.00. The quantitative estimate of drug-likeness (QED) is 0.719. The minimum atomic E-state index is -0.271. The van der Waals surface area contributed by atoms with Crippen molar-refractivity contribution in [1.82, 2.24) is 0 Å². The molecule has 0 saturated heterocycles. The maximum Gasteiger partial charge on any atom is 0.123 e. The Labute approximate surface area is 76.4 Å². The molecule has 1 rings (SSSR count). The SMILES string of the molecule is Cl.N#CCNc1ccc(F)cc1. The van der Waals surface area contributed by atoms with Crippen molar-refractivity contribution in [3.8, 4) is 6.07 Å². The van der Waals surface area contributed by atoms with Crippen LogP contribution in [0.3, 0.4) is 0 Å². The fraction of sp³-hybridized carbons (Fsp3) is 0.125. The predicted octanol–water partition coefficient (Wildman–Crippen LogP) is 2.18. The summed E-state index contributed by atoms with van der Waals surface area (Å²) in [4.78, 5) is 0. The van der Waals surface area contributed by atoms with E-state index in [0.717, 1.165) is 5.69 Å². The third-order valence-electron chi connectivity index (χ3n) is 1.22. The molecule has 64 valence electrons. The topological polar surface area (TPSA) is 35.8 Å². The van der Waals surface area contributed by atoms with E-state index in [1.54, 1.807) is 12.1 Å². The van der Waals surface area contributed by atoms with Crippen LogP contribution in [0.4, 0.5) is 10.1 Å². The molecule has 0 amide bonds. The number of nitrogens with one attached hydrogen (secondary N) is 1. The largest absolute Gasteiger partial charge is 0.372 e. The predicted molar refractivity (Wildman–Crippen MR) is 47.8 cm³/mol. The van der Waals surface area contributed by atoms with Crippen molar-refractivity contribution >= 4 is 18.1 Å². The monoisotopic (exact) mass is 186 g/mol. The minimum absolute atomic E-state index is 0. The number of hydrogen-bond donors (Lipinski definition) is 1. The molecule has 0 saturated carbocycles. The Hall–Kier alpha value is -1.27. The summed E-state index contributed by atoms with van der Waals surface area (Å²) < 4.78 is 12.3. The average molecular weight is 187 g/mol. The first-order valence-corrected chi connectivity index (χ1v) is 3.19. The lowest BCUT2D eigenvalue weighted by atomic mass is 10.3. The number of hydrogen-bond acceptors (Lipinski definition) is 2. The molecule has 0 unspecified atom stereocenters. The highest BCUT2D eigenvalue weighted by molar-refractivity contribution is 5.85. The second-order valence-corrected chi connectivity index (χ2v) is 2.02. The van der Waals surface area contributed by atoms with Crippen LogP contribution in [-0.2, 0) is 0 Å². The molecule has 0 aliphatic rings. The van der Waals surface area contributed by atoms with Crippen molar-refractivity contribution in [1.29, 1.82) is 5.26 Å². The Morgan fingerprint density at radius 1 is 1.33 bits per heavy atom. The molecule has 0 aliphatic heterocycles. The van der Waals surface area contributed by atoms with E-state index in [-0.39, 0.29) is 24.8 Å². The fourth-order valence-corrected chi connectivity index (χ4v) is 0.709. The Morgan fingerprint density at radius 3 is 2.42 bits per heavy atom. The van der Waals surface area contributed by atoms with E-state index < -0.39 is 0 Å². The van der Waals surface area contributed by atoms with Crippen molar-refractivity contribution in [3.63, 3.8) is 0 Å². The van der Waals surface area contributed by atoms with Crippen LogP contribution >= 0.6 is 12.4 Å². The second-order valence-electron chi connectivity index (χ2n) is 2.02. The number of nitrogens with zero attached hydrogens (tertiary/aromatic N) is 1. The first kappa shape index (κ1) is 10.7. The van der Waals surface area contributed by atoms with Gasteiger partial charge in [0.25, 0.3) is 0 Å². The smallest absolute Gasteiger partial charge is 0.123 e. The molecule has 0 fully saturated rings. The summed E-state index contributed by atoms with van der Waals surface area (Å²) in [5, 5.41) is 11.0. The molecule has 0 bridgehead atoms. The zero-order valence-corrected chi connectivity index (χ0v) is 7.07. The Kier molecular flexibility index (Phi) is 4.82. The summed E-state index contributed by atoms with van der Waals surface area (Å²) in [6, 6.07) is 7.80. The highest BCUT2D eigenvalue weighted by Gasteiger charge is 1.89. The summed E-state index contributed by atoms with van der Waals surface area (Å²) in [7, 11) is 0. The molecule has 0 heterocycles. The minimum Gasteiger partial charge on any atom is -0.372 e. The molecule has 12 heavy (non-hydrogen) atoms. The number of benzene rings is 1. The van der Waals surface area contributed by atoms with Crippen LogP contribution in [0.2, 0.25) is 0 Å². The Bertz CT molecular complexity index is 265. The summed E-state index contributed by atoms with van der Waals surface area (Å²) in [6.45, 7) is 0.242. The van der Waals surface area contributed by atoms with Crippen molar-refractivity contribution in [3.05, 3.63) is 30.1 Å². The molecule has 0 radical (unpaired) electrons. The molecule has 2 nitrogen and oxygen atoms in total. The number of nitriles is 1. The van der Waals surface area contributed by atoms with Gasteiger partial charge in [-0.25, -0.2) is 4.39 Å². The van der Waals surface area contributed by atoms with Crippen molar-refractivity contribution in [2.45, 2.75) is 0 Å². The fourth-order valence-electron chi connectivity index (χ4n) is 0.709. The molecule has 0 atom stereocenters. The Morgan fingerprint density at radius 2 is 1.92 bits per heavy atom. The van der Waals surface area contributed by atoms with Crippen LogP contribution in [0.25, 0.3) is 0 Å². The van der Waals surface area contributed by atoms with E-state index >= 15 is 0 Å². The first-order valence-electron chi connectivity index (χ1n) is 3.19. The lowest BCUT2D eigenvalue weighted by Gasteiger charge is -1.98. The number of anilines is 1. The molecule has 0 spiro atoms. The van der Waals surface area contributed by atoms with Gasteiger partial charge in [0.15, 0.2) is 0 Å². The van der Waals surface area contributed by atoms with Crippen molar-refractivity contribution in [2.75, 3.05) is 11.9 Å². The van der Waals surface area contributed by atoms with Gasteiger partial charge in [-0.2, -0.15) is 5.26 Å². The standard InChI is InChI=1S/C8H7FN2.ClH/c9-7-1-3-8(4-2-7)11-6-5-10;/h1-4,11H,6H2;1H. The highest BCUT2D eigenvalue weighted by atomic mass is 35.5. The van der Waals surface area contributed by atoms with Gasteiger partial charge in [-0.05, 0) is 24.3 Å². The average Bonchev–Trinajstić information content (AvgIpc) is 2.04. The molecule has 1 aromatic rings. The van der Waals surface area contributed by atoms with Gasteiger partial charge in [-0.3, -0.25) is 0 Å². The summed E-state index contributed by atoms with van der Waals surface area (Å²) >= 11 is 0. The van der Waals surface area contributed by atoms with Gasteiger partial charge in [0.2, 0.25) is 0 Å². The third kappa shape index (κ3) is 3.22. The first-order chi connectivity index (χ1) is 5.33. The van der Waals surface area contributed by atoms with Crippen LogP contribution in [0.1, 0.15) is 0 Å².